The molecule has 0 amide bonds. The molecule has 1 aromatic rings. The van der Waals surface area contributed by atoms with Crippen LogP contribution in [0.15, 0.2) is 12.3 Å². The first kappa shape index (κ1) is 11.9. The summed E-state index contributed by atoms with van der Waals surface area (Å²) in [7, 11) is 0. The fourth-order valence-corrected chi connectivity index (χ4v) is 1.93. The van der Waals surface area contributed by atoms with Crippen LogP contribution in [0.3, 0.4) is 0 Å². The molecule has 1 aliphatic carbocycles. The summed E-state index contributed by atoms with van der Waals surface area (Å²) in [5.41, 5.74) is 0.915. The molecule has 4 nitrogen and oxygen atoms in total. The molecule has 1 aromatic heterocycles. The zero-order chi connectivity index (χ0) is 12.3. The Morgan fingerprint density at radius 1 is 1.59 bits per heavy atom. The van der Waals surface area contributed by atoms with E-state index in [9.17, 15) is 4.79 Å². The standard InChI is InChI=1S/C13H17NO3/c1-9-7-12(11(8-14-9)13(15)16)17-6-5-10-3-2-4-10/h7-8,10H,2-6H2,1H3,(H,15,16). The van der Waals surface area contributed by atoms with Gasteiger partial charge in [-0.25, -0.2) is 4.79 Å². The van der Waals surface area contributed by atoms with Crippen molar-refractivity contribution in [1.82, 2.24) is 4.98 Å². The summed E-state index contributed by atoms with van der Waals surface area (Å²) in [5.74, 6) is 0.215. The van der Waals surface area contributed by atoms with Crippen molar-refractivity contribution in [3.63, 3.8) is 0 Å². The van der Waals surface area contributed by atoms with Gasteiger partial charge in [-0.05, 0) is 19.3 Å². The Balaban J connectivity index is 1.97. The van der Waals surface area contributed by atoms with Crippen LogP contribution in [0.4, 0.5) is 0 Å². The predicted molar refractivity (Wildman–Crippen MR) is 63.4 cm³/mol. The summed E-state index contributed by atoms with van der Waals surface area (Å²) in [5, 5.41) is 9.00. The second-order valence-electron chi connectivity index (χ2n) is 4.56. The summed E-state index contributed by atoms with van der Waals surface area (Å²) in [6, 6.07) is 1.68. The third-order valence-electron chi connectivity index (χ3n) is 3.24. The molecule has 0 aromatic carbocycles. The minimum Gasteiger partial charge on any atom is -0.493 e. The number of ether oxygens (including phenoxy) is 1. The largest absolute Gasteiger partial charge is 0.493 e. The Morgan fingerprint density at radius 3 is 2.94 bits per heavy atom. The molecule has 1 fully saturated rings. The van der Waals surface area contributed by atoms with E-state index in [2.05, 4.69) is 4.98 Å². The molecule has 0 aliphatic heterocycles. The molecule has 0 bridgehead atoms. The molecule has 17 heavy (non-hydrogen) atoms. The second-order valence-corrected chi connectivity index (χ2v) is 4.56. The van der Waals surface area contributed by atoms with Crippen LogP contribution >= 0.6 is 0 Å². The fourth-order valence-electron chi connectivity index (χ4n) is 1.93. The van der Waals surface area contributed by atoms with Gasteiger partial charge in [0.05, 0.1) is 6.61 Å². The quantitative estimate of drug-likeness (QED) is 0.852. The predicted octanol–water partition coefficient (Wildman–Crippen LogP) is 2.66. The summed E-state index contributed by atoms with van der Waals surface area (Å²) in [6.45, 7) is 2.42. The Kier molecular flexibility index (Phi) is 3.61. The molecule has 0 saturated heterocycles. The van der Waals surface area contributed by atoms with Gasteiger partial charge in [-0.2, -0.15) is 0 Å². The lowest BCUT2D eigenvalue weighted by atomic mass is 9.83. The smallest absolute Gasteiger partial charge is 0.341 e. The van der Waals surface area contributed by atoms with Crippen molar-refractivity contribution >= 4 is 5.97 Å². The Hall–Kier alpha value is -1.58. The molecule has 0 atom stereocenters. The van der Waals surface area contributed by atoms with E-state index in [1.807, 2.05) is 6.92 Å². The molecule has 0 unspecified atom stereocenters. The minimum absolute atomic E-state index is 0.143. The number of hydrogen-bond acceptors (Lipinski definition) is 3. The van der Waals surface area contributed by atoms with Crippen molar-refractivity contribution < 1.29 is 14.6 Å². The van der Waals surface area contributed by atoms with Gasteiger partial charge in [-0.3, -0.25) is 4.98 Å². The van der Waals surface area contributed by atoms with E-state index in [0.29, 0.717) is 12.4 Å². The summed E-state index contributed by atoms with van der Waals surface area (Å²) < 4.78 is 5.56. The lowest BCUT2D eigenvalue weighted by Crippen LogP contribution is -2.15. The number of carboxylic acids is 1. The highest BCUT2D eigenvalue weighted by atomic mass is 16.5. The lowest BCUT2D eigenvalue weighted by Gasteiger charge is -2.25. The number of aromatic carboxylic acids is 1. The Labute approximate surface area is 101 Å². The monoisotopic (exact) mass is 235 g/mol. The highest BCUT2D eigenvalue weighted by Crippen LogP contribution is 2.29. The maximum atomic E-state index is 11.0. The van der Waals surface area contributed by atoms with Gasteiger partial charge in [0.15, 0.2) is 0 Å². The Morgan fingerprint density at radius 2 is 2.35 bits per heavy atom. The van der Waals surface area contributed by atoms with Gasteiger partial charge < -0.3 is 9.84 Å². The number of rotatable bonds is 5. The molecule has 2 rings (SSSR count). The number of aromatic nitrogens is 1. The van der Waals surface area contributed by atoms with Crippen LogP contribution in [0.1, 0.15) is 41.7 Å². The van der Waals surface area contributed by atoms with Crippen molar-refractivity contribution in [2.24, 2.45) is 5.92 Å². The van der Waals surface area contributed by atoms with Crippen molar-refractivity contribution in [2.45, 2.75) is 32.6 Å². The minimum atomic E-state index is -0.990. The summed E-state index contributed by atoms with van der Waals surface area (Å²) in [6.07, 6.45) is 6.26. The van der Waals surface area contributed by atoms with Gasteiger partial charge in [-0.15, -0.1) is 0 Å². The van der Waals surface area contributed by atoms with E-state index >= 15 is 0 Å². The fraction of sp³-hybridized carbons (Fsp3) is 0.538. The molecule has 92 valence electrons. The van der Waals surface area contributed by atoms with E-state index in [1.165, 1.54) is 25.5 Å². The number of pyridine rings is 1. The van der Waals surface area contributed by atoms with Crippen molar-refractivity contribution in [3.05, 3.63) is 23.5 Å². The first-order valence-electron chi connectivity index (χ1n) is 5.99. The third kappa shape index (κ3) is 2.96. The molecule has 0 radical (unpaired) electrons. The Bertz CT molecular complexity index is 413. The van der Waals surface area contributed by atoms with Crippen LogP contribution in [0.5, 0.6) is 5.75 Å². The van der Waals surface area contributed by atoms with Gasteiger partial charge in [-0.1, -0.05) is 19.3 Å². The van der Waals surface area contributed by atoms with E-state index in [-0.39, 0.29) is 5.56 Å². The van der Waals surface area contributed by atoms with Gasteiger partial charge in [0, 0.05) is 18.0 Å². The van der Waals surface area contributed by atoms with Crippen molar-refractivity contribution in [3.8, 4) is 5.75 Å². The molecule has 1 saturated carbocycles. The lowest BCUT2D eigenvalue weighted by molar-refractivity contribution is 0.0691. The van der Waals surface area contributed by atoms with Crippen molar-refractivity contribution in [1.29, 1.82) is 0 Å². The number of carbonyl (C=O) groups is 1. The van der Waals surface area contributed by atoms with Gasteiger partial charge >= 0.3 is 5.97 Å². The van der Waals surface area contributed by atoms with Crippen LogP contribution in [0.2, 0.25) is 0 Å². The number of nitrogens with zero attached hydrogens (tertiary/aromatic N) is 1. The molecule has 1 heterocycles. The van der Waals surface area contributed by atoms with Crippen LogP contribution in [-0.4, -0.2) is 22.7 Å². The zero-order valence-corrected chi connectivity index (χ0v) is 9.98. The van der Waals surface area contributed by atoms with Gasteiger partial charge in [0.2, 0.25) is 0 Å². The molecular formula is C13H17NO3. The van der Waals surface area contributed by atoms with Gasteiger partial charge in [0.1, 0.15) is 11.3 Å². The van der Waals surface area contributed by atoms with Crippen LogP contribution in [0.25, 0.3) is 0 Å². The number of hydrogen-bond donors (Lipinski definition) is 1. The van der Waals surface area contributed by atoms with E-state index in [0.717, 1.165) is 18.0 Å². The molecule has 1 N–H and O–H groups in total. The normalized spacial score (nSPS) is 15.4. The maximum absolute atomic E-state index is 11.0. The van der Waals surface area contributed by atoms with Crippen molar-refractivity contribution in [2.75, 3.05) is 6.61 Å². The van der Waals surface area contributed by atoms with E-state index in [1.54, 1.807) is 6.07 Å². The summed E-state index contributed by atoms with van der Waals surface area (Å²) >= 11 is 0. The maximum Gasteiger partial charge on any atom is 0.341 e. The first-order valence-corrected chi connectivity index (χ1v) is 5.99. The molecule has 1 aliphatic rings. The highest BCUT2D eigenvalue weighted by Gasteiger charge is 2.18. The third-order valence-corrected chi connectivity index (χ3v) is 3.24. The van der Waals surface area contributed by atoms with Crippen LogP contribution in [-0.2, 0) is 0 Å². The molecule has 4 heteroatoms. The van der Waals surface area contributed by atoms with Crippen LogP contribution in [0, 0.1) is 12.8 Å². The molecule has 0 spiro atoms. The first-order chi connectivity index (χ1) is 8.16. The average molecular weight is 235 g/mol. The molecular weight excluding hydrogens is 218 g/mol. The zero-order valence-electron chi connectivity index (χ0n) is 9.98. The van der Waals surface area contributed by atoms with Gasteiger partial charge in [0.25, 0.3) is 0 Å². The van der Waals surface area contributed by atoms with Crippen LogP contribution < -0.4 is 4.74 Å². The highest BCUT2D eigenvalue weighted by molar-refractivity contribution is 5.90. The summed E-state index contributed by atoms with van der Waals surface area (Å²) in [4.78, 5) is 14.9. The SMILES string of the molecule is Cc1cc(OCCC2CCC2)c(C(=O)O)cn1. The number of carboxylic acid groups (broad SMARTS) is 1. The topological polar surface area (TPSA) is 59.4 Å². The second kappa shape index (κ2) is 5.17. The average Bonchev–Trinajstić information content (AvgIpc) is 2.21. The van der Waals surface area contributed by atoms with E-state index in [4.69, 9.17) is 9.84 Å². The number of aryl methyl sites for hydroxylation is 1. The van der Waals surface area contributed by atoms with E-state index < -0.39 is 5.97 Å².